The molecule has 98 valence electrons. The summed E-state index contributed by atoms with van der Waals surface area (Å²) in [5.41, 5.74) is 7.09. The van der Waals surface area contributed by atoms with Crippen LogP contribution in [0.5, 0.6) is 5.75 Å². The Kier molecular flexibility index (Phi) is 3.04. The van der Waals surface area contributed by atoms with E-state index in [0.717, 1.165) is 18.6 Å². The van der Waals surface area contributed by atoms with Gasteiger partial charge in [0, 0.05) is 18.4 Å². The smallest absolute Gasteiger partial charge is 0.123 e. The van der Waals surface area contributed by atoms with Crippen molar-refractivity contribution in [3.05, 3.63) is 29.8 Å². The molecule has 3 heteroatoms. The summed E-state index contributed by atoms with van der Waals surface area (Å²) in [4.78, 5) is 0. The second-order valence-corrected chi connectivity index (χ2v) is 5.75. The molecule has 0 aromatic heterocycles. The fourth-order valence-corrected chi connectivity index (χ4v) is 3.19. The van der Waals surface area contributed by atoms with Crippen molar-refractivity contribution in [2.45, 2.75) is 31.8 Å². The minimum Gasteiger partial charge on any atom is -0.490 e. The van der Waals surface area contributed by atoms with Gasteiger partial charge >= 0.3 is 0 Å². The first-order chi connectivity index (χ1) is 8.77. The molecular formula is C15H21NO2. The molecule has 2 atom stereocenters. The van der Waals surface area contributed by atoms with Gasteiger partial charge in [0.05, 0.1) is 6.61 Å². The summed E-state index contributed by atoms with van der Waals surface area (Å²) in [6.45, 7) is 0.745. The van der Waals surface area contributed by atoms with Gasteiger partial charge in [-0.3, -0.25) is 0 Å². The summed E-state index contributed by atoms with van der Waals surface area (Å²) in [7, 11) is 0. The second kappa shape index (κ2) is 4.56. The van der Waals surface area contributed by atoms with E-state index in [2.05, 4.69) is 6.07 Å². The van der Waals surface area contributed by atoms with Gasteiger partial charge in [-0.15, -0.1) is 0 Å². The highest BCUT2D eigenvalue weighted by Crippen LogP contribution is 2.49. The minimum absolute atomic E-state index is 0.118. The van der Waals surface area contributed by atoms with E-state index in [0.29, 0.717) is 12.5 Å². The summed E-state index contributed by atoms with van der Waals surface area (Å²) in [6, 6.07) is 8.20. The average Bonchev–Trinajstić information content (AvgIpc) is 3.17. The highest BCUT2D eigenvalue weighted by molar-refractivity contribution is 5.37. The molecule has 1 aliphatic heterocycles. The van der Waals surface area contributed by atoms with Crippen LogP contribution in [0.4, 0.5) is 0 Å². The molecule has 1 aliphatic carbocycles. The third kappa shape index (κ3) is 2.02. The fourth-order valence-electron chi connectivity index (χ4n) is 3.19. The molecule has 2 unspecified atom stereocenters. The monoisotopic (exact) mass is 247 g/mol. The van der Waals surface area contributed by atoms with Gasteiger partial charge in [-0.25, -0.2) is 0 Å². The molecule has 1 aromatic carbocycles. The molecular weight excluding hydrogens is 226 g/mol. The van der Waals surface area contributed by atoms with Crippen LogP contribution in [0.15, 0.2) is 24.3 Å². The van der Waals surface area contributed by atoms with Gasteiger partial charge in [0.25, 0.3) is 0 Å². The largest absolute Gasteiger partial charge is 0.490 e. The Morgan fingerprint density at radius 3 is 2.72 bits per heavy atom. The van der Waals surface area contributed by atoms with Crippen LogP contribution < -0.4 is 10.5 Å². The van der Waals surface area contributed by atoms with Crippen molar-refractivity contribution >= 4 is 0 Å². The molecule has 1 fully saturated rings. The van der Waals surface area contributed by atoms with Gasteiger partial charge in [-0.1, -0.05) is 18.2 Å². The number of hydrogen-bond donors (Lipinski definition) is 2. The lowest BCUT2D eigenvalue weighted by atomic mass is 9.77. The molecule has 18 heavy (non-hydrogen) atoms. The number of fused-ring (bicyclic) bond motifs is 1. The van der Waals surface area contributed by atoms with E-state index < -0.39 is 0 Å². The number of hydrogen-bond acceptors (Lipinski definition) is 3. The average molecular weight is 247 g/mol. The molecule has 0 saturated heterocycles. The van der Waals surface area contributed by atoms with Crippen molar-refractivity contribution in [1.29, 1.82) is 0 Å². The summed E-state index contributed by atoms with van der Waals surface area (Å²) in [6.07, 6.45) is 4.41. The summed E-state index contributed by atoms with van der Waals surface area (Å²) >= 11 is 0. The first-order valence-corrected chi connectivity index (χ1v) is 6.83. The molecule has 1 saturated carbocycles. The number of nitrogens with two attached hydrogens (primary N) is 1. The lowest BCUT2D eigenvalue weighted by Crippen LogP contribution is -2.40. The number of aliphatic hydroxyl groups excluding tert-OH is 1. The van der Waals surface area contributed by atoms with Gasteiger partial charge in [-0.05, 0) is 36.8 Å². The number of ether oxygens (including phenoxy) is 1. The van der Waals surface area contributed by atoms with Gasteiger partial charge in [0.2, 0.25) is 0 Å². The quantitative estimate of drug-likeness (QED) is 0.833. The lowest BCUT2D eigenvalue weighted by molar-refractivity contribution is 0.0567. The third-order valence-electron chi connectivity index (χ3n) is 4.51. The van der Waals surface area contributed by atoms with Gasteiger partial charge in [-0.2, -0.15) is 0 Å². The molecule has 1 aromatic rings. The Morgan fingerprint density at radius 2 is 2.11 bits per heavy atom. The Morgan fingerprint density at radius 1 is 1.33 bits per heavy atom. The minimum atomic E-state index is -0.118. The van der Waals surface area contributed by atoms with Crippen LogP contribution in [-0.4, -0.2) is 24.4 Å². The van der Waals surface area contributed by atoms with E-state index in [1.54, 1.807) is 0 Å². The SMILES string of the molecule is NCC(CO)(CC1Cc2ccccc2O1)C1CC1. The fraction of sp³-hybridized carbons (Fsp3) is 0.600. The van der Waals surface area contributed by atoms with E-state index in [-0.39, 0.29) is 18.1 Å². The van der Waals surface area contributed by atoms with E-state index in [9.17, 15) is 5.11 Å². The Hall–Kier alpha value is -1.06. The Labute approximate surface area is 108 Å². The Balaban J connectivity index is 1.71. The normalized spacial score (nSPS) is 25.3. The number of rotatable bonds is 5. The number of aliphatic hydroxyl groups is 1. The van der Waals surface area contributed by atoms with E-state index in [1.165, 1.54) is 18.4 Å². The van der Waals surface area contributed by atoms with Crippen molar-refractivity contribution in [3.8, 4) is 5.75 Å². The standard InChI is InChI=1S/C15H21NO2/c16-9-15(10-17,12-5-6-12)8-13-7-11-3-1-2-4-14(11)18-13/h1-4,12-13,17H,5-10,16H2. The number of para-hydroxylation sites is 1. The van der Waals surface area contributed by atoms with E-state index in [4.69, 9.17) is 10.5 Å². The molecule has 0 spiro atoms. The van der Waals surface area contributed by atoms with Crippen LogP contribution in [0.2, 0.25) is 0 Å². The van der Waals surface area contributed by atoms with Crippen LogP contribution in [0, 0.1) is 11.3 Å². The van der Waals surface area contributed by atoms with Crippen molar-refractivity contribution in [2.24, 2.45) is 17.1 Å². The molecule has 3 nitrogen and oxygen atoms in total. The first kappa shape index (κ1) is 12.0. The first-order valence-electron chi connectivity index (χ1n) is 6.83. The predicted molar refractivity (Wildman–Crippen MR) is 70.5 cm³/mol. The van der Waals surface area contributed by atoms with E-state index in [1.807, 2.05) is 18.2 Å². The van der Waals surface area contributed by atoms with Crippen molar-refractivity contribution < 1.29 is 9.84 Å². The van der Waals surface area contributed by atoms with E-state index >= 15 is 0 Å². The second-order valence-electron chi connectivity index (χ2n) is 5.75. The molecule has 1 heterocycles. The van der Waals surface area contributed by atoms with Gasteiger partial charge < -0.3 is 15.6 Å². The zero-order valence-corrected chi connectivity index (χ0v) is 10.6. The van der Waals surface area contributed by atoms with Crippen LogP contribution in [-0.2, 0) is 6.42 Å². The van der Waals surface area contributed by atoms with Gasteiger partial charge in [0.1, 0.15) is 11.9 Å². The third-order valence-corrected chi connectivity index (χ3v) is 4.51. The molecule has 0 bridgehead atoms. The molecule has 3 N–H and O–H groups in total. The zero-order valence-electron chi connectivity index (χ0n) is 10.6. The predicted octanol–water partition coefficient (Wildman–Crippen LogP) is 1.73. The topological polar surface area (TPSA) is 55.5 Å². The lowest BCUT2D eigenvalue weighted by Gasteiger charge is -2.32. The van der Waals surface area contributed by atoms with Crippen molar-refractivity contribution in [1.82, 2.24) is 0 Å². The Bertz CT molecular complexity index is 399. The highest BCUT2D eigenvalue weighted by Gasteiger charge is 2.46. The van der Waals surface area contributed by atoms with Crippen molar-refractivity contribution in [3.63, 3.8) is 0 Å². The summed E-state index contributed by atoms with van der Waals surface area (Å²) < 4.78 is 5.98. The zero-order chi connectivity index (χ0) is 12.6. The molecule has 3 rings (SSSR count). The number of benzene rings is 1. The maximum atomic E-state index is 9.73. The van der Waals surface area contributed by atoms with Crippen LogP contribution >= 0.6 is 0 Å². The summed E-state index contributed by atoms with van der Waals surface area (Å²) in [5, 5.41) is 9.73. The van der Waals surface area contributed by atoms with Crippen LogP contribution in [0.1, 0.15) is 24.8 Å². The van der Waals surface area contributed by atoms with Crippen molar-refractivity contribution in [2.75, 3.05) is 13.2 Å². The van der Waals surface area contributed by atoms with Crippen LogP contribution in [0.25, 0.3) is 0 Å². The van der Waals surface area contributed by atoms with Gasteiger partial charge in [0.15, 0.2) is 0 Å². The molecule has 0 radical (unpaired) electrons. The molecule has 0 amide bonds. The molecule has 2 aliphatic rings. The maximum Gasteiger partial charge on any atom is 0.123 e. The summed E-state index contributed by atoms with van der Waals surface area (Å²) in [5.74, 6) is 1.60. The highest BCUT2D eigenvalue weighted by atomic mass is 16.5. The maximum absolute atomic E-state index is 9.73. The van der Waals surface area contributed by atoms with Crippen LogP contribution in [0.3, 0.4) is 0 Å².